The van der Waals surface area contributed by atoms with Gasteiger partial charge in [-0.2, -0.15) is 0 Å². The Morgan fingerprint density at radius 1 is 1.21 bits per heavy atom. The van der Waals surface area contributed by atoms with Gasteiger partial charge in [0, 0.05) is 19.3 Å². The smallest absolute Gasteiger partial charge is 0.228 e. The molecule has 146 valence electrons. The maximum atomic E-state index is 12.9. The van der Waals surface area contributed by atoms with Gasteiger partial charge in [-0.05, 0) is 62.6 Å². The van der Waals surface area contributed by atoms with Gasteiger partial charge in [-0.25, -0.2) is 4.98 Å². The van der Waals surface area contributed by atoms with E-state index in [0.717, 1.165) is 66.1 Å². The van der Waals surface area contributed by atoms with E-state index in [1.807, 2.05) is 32.0 Å². The fraction of sp³-hybridized carbons (Fsp3) is 0.391. The van der Waals surface area contributed by atoms with E-state index in [0.29, 0.717) is 0 Å². The Morgan fingerprint density at radius 2 is 2.04 bits per heavy atom. The second kappa shape index (κ2) is 7.76. The monoisotopic (exact) mass is 376 g/mol. The molecule has 28 heavy (non-hydrogen) atoms. The van der Waals surface area contributed by atoms with Crippen LogP contribution in [0.3, 0.4) is 0 Å². The number of benzene rings is 2. The first-order valence-corrected chi connectivity index (χ1v) is 10.0. The van der Waals surface area contributed by atoms with Crippen molar-refractivity contribution in [3.63, 3.8) is 0 Å². The average molecular weight is 377 g/mol. The number of para-hydroxylation sites is 2. The van der Waals surface area contributed by atoms with Crippen LogP contribution in [0, 0.1) is 19.8 Å². The lowest BCUT2D eigenvalue weighted by Gasteiger charge is -2.31. The number of carbonyl (C=O) groups is 1. The Kier molecular flexibility index (Phi) is 5.18. The SMILES string of the molecule is Cc1ccc(C)c(NC(=O)[C@H]2CCCN(Cc3nc4ccccc4n3C)C2)c1. The van der Waals surface area contributed by atoms with Crippen LogP contribution in [0.15, 0.2) is 42.5 Å². The van der Waals surface area contributed by atoms with E-state index in [1.54, 1.807) is 0 Å². The van der Waals surface area contributed by atoms with E-state index in [-0.39, 0.29) is 11.8 Å². The number of piperidine rings is 1. The first-order valence-electron chi connectivity index (χ1n) is 10.0. The number of anilines is 1. The van der Waals surface area contributed by atoms with E-state index in [2.05, 4.69) is 46.1 Å². The molecule has 0 bridgehead atoms. The quantitative estimate of drug-likeness (QED) is 0.748. The number of imidazole rings is 1. The molecule has 1 aliphatic heterocycles. The normalized spacial score (nSPS) is 17.8. The van der Waals surface area contributed by atoms with Gasteiger partial charge in [0.15, 0.2) is 0 Å². The van der Waals surface area contributed by atoms with E-state index >= 15 is 0 Å². The maximum absolute atomic E-state index is 12.9. The lowest BCUT2D eigenvalue weighted by Crippen LogP contribution is -2.40. The van der Waals surface area contributed by atoms with Crippen LogP contribution < -0.4 is 5.32 Å². The minimum atomic E-state index is 0.0170. The fourth-order valence-electron chi connectivity index (χ4n) is 4.06. The Labute approximate surface area is 166 Å². The summed E-state index contributed by atoms with van der Waals surface area (Å²) in [6.07, 6.45) is 1.98. The molecular formula is C23H28N4O. The Morgan fingerprint density at radius 3 is 2.86 bits per heavy atom. The number of hydrogen-bond acceptors (Lipinski definition) is 3. The molecule has 1 aromatic heterocycles. The number of hydrogen-bond donors (Lipinski definition) is 1. The van der Waals surface area contributed by atoms with Gasteiger partial charge < -0.3 is 9.88 Å². The minimum Gasteiger partial charge on any atom is -0.330 e. The molecule has 3 aromatic rings. The topological polar surface area (TPSA) is 50.2 Å². The van der Waals surface area contributed by atoms with Crippen LogP contribution in [-0.4, -0.2) is 33.4 Å². The summed E-state index contributed by atoms with van der Waals surface area (Å²) < 4.78 is 2.16. The van der Waals surface area contributed by atoms with Crippen LogP contribution in [0.25, 0.3) is 11.0 Å². The summed E-state index contributed by atoms with van der Waals surface area (Å²) in [5, 5.41) is 3.15. The standard InChI is InChI=1S/C23H28N4O/c1-16-10-11-17(2)20(13-16)25-23(28)18-7-6-12-27(14-18)15-22-24-19-8-4-5-9-21(19)26(22)3/h4-5,8-11,13,18H,6-7,12,14-15H2,1-3H3,(H,25,28)/t18-/m0/s1. The van der Waals surface area contributed by atoms with Crippen LogP contribution >= 0.6 is 0 Å². The molecular weight excluding hydrogens is 348 g/mol. The van der Waals surface area contributed by atoms with Gasteiger partial charge in [0.1, 0.15) is 5.82 Å². The summed E-state index contributed by atoms with van der Waals surface area (Å²) in [6, 6.07) is 14.4. The van der Waals surface area contributed by atoms with Crippen molar-refractivity contribution in [2.24, 2.45) is 13.0 Å². The molecule has 0 radical (unpaired) electrons. The Hall–Kier alpha value is -2.66. The van der Waals surface area contributed by atoms with Crippen molar-refractivity contribution in [1.82, 2.24) is 14.5 Å². The average Bonchev–Trinajstić information content (AvgIpc) is 3.01. The molecule has 0 aliphatic carbocycles. The molecule has 5 nitrogen and oxygen atoms in total. The molecule has 2 heterocycles. The molecule has 2 aromatic carbocycles. The lowest BCUT2D eigenvalue weighted by molar-refractivity contribution is -0.121. The summed E-state index contributed by atoms with van der Waals surface area (Å²) >= 11 is 0. The summed E-state index contributed by atoms with van der Waals surface area (Å²) in [7, 11) is 2.07. The molecule has 5 heteroatoms. The summed E-state index contributed by atoms with van der Waals surface area (Å²) in [4.78, 5) is 20.0. The number of nitrogens with zero attached hydrogens (tertiary/aromatic N) is 3. The maximum Gasteiger partial charge on any atom is 0.228 e. The van der Waals surface area contributed by atoms with Gasteiger partial charge in [-0.3, -0.25) is 9.69 Å². The third-order valence-electron chi connectivity index (χ3n) is 5.77. The highest BCUT2D eigenvalue weighted by molar-refractivity contribution is 5.93. The van der Waals surface area contributed by atoms with Crippen LogP contribution in [0.4, 0.5) is 5.69 Å². The molecule has 0 unspecified atom stereocenters. The van der Waals surface area contributed by atoms with E-state index in [9.17, 15) is 4.79 Å². The van der Waals surface area contributed by atoms with Gasteiger partial charge in [0.25, 0.3) is 0 Å². The molecule has 1 fully saturated rings. The van der Waals surface area contributed by atoms with Gasteiger partial charge in [-0.15, -0.1) is 0 Å². The van der Waals surface area contributed by atoms with Gasteiger partial charge >= 0.3 is 0 Å². The van der Waals surface area contributed by atoms with Crippen LogP contribution in [-0.2, 0) is 18.4 Å². The molecule has 1 saturated heterocycles. The fourth-order valence-corrected chi connectivity index (χ4v) is 4.06. The molecule has 0 spiro atoms. The number of rotatable bonds is 4. The van der Waals surface area contributed by atoms with Crippen LogP contribution in [0.2, 0.25) is 0 Å². The zero-order valence-corrected chi connectivity index (χ0v) is 16.9. The number of amides is 1. The van der Waals surface area contributed by atoms with E-state index < -0.39 is 0 Å². The zero-order chi connectivity index (χ0) is 19.7. The molecule has 1 aliphatic rings. The second-order valence-corrected chi connectivity index (χ2v) is 7.96. The third kappa shape index (κ3) is 3.80. The largest absolute Gasteiger partial charge is 0.330 e. The van der Waals surface area contributed by atoms with Crippen molar-refractivity contribution in [3.8, 4) is 0 Å². The molecule has 1 amide bonds. The minimum absolute atomic E-state index is 0.0170. The number of aryl methyl sites for hydroxylation is 3. The highest BCUT2D eigenvalue weighted by Gasteiger charge is 2.27. The predicted molar refractivity (Wildman–Crippen MR) is 113 cm³/mol. The molecule has 4 rings (SSSR count). The third-order valence-corrected chi connectivity index (χ3v) is 5.77. The van der Waals surface area contributed by atoms with Gasteiger partial charge in [-0.1, -0.05) is 24.3 Å². The van der Waals surface area contributed by atoms with Crippen molar-refractivity contribution in [2.45, 2.75) is 33.2 Å². The van der Waals surface area contributed by atoms with Crippen molar-refractivity contribution >= 4 is 22.6 Å². The van der Waals surface area contributed by atoms with Crippen LogP contribution in [0.1, 0.15) is 29.8 Å². The predicted octanol–water partition coefficient (Wildman–Crippen LogP) is 4.04. The van der Waals surface area contributed by atoms with E-state index in [4.69, 9.17) is 4.98 Å². The Bertz CT molecular complexity index is 1010. The number of carbonyl (C=O) groups excluding carboxylic acids is 1. The number of nitrogens with one attached hydrogen (secondary N) is 1. The second-order valence-electron chi connectivity index (χ2n) is 7.96. The van der Waals surface area contributed by atoms with Crippen molar-refractivity contribution in [2.75, 3.05) is 18.4 Å². The molecule has 0 saturated carbocycles. The lowest BCUT2D eigenvalue weighted by atomic mass is 9.96. The summed E-state index contributed by atoms with van der Waals surface area (Å²) in [5.74, 6) is 1.20. The molecule has 1 atom stereocenters. The summed E-state index contributed by atoms with van der Waals surface area (Å²) in [6.45, 7) is 6.65. The van der Waals surface area contributed by atoms with E-state index in [1.165, 1.54) is 0 Å². The van der Waals surface area contributed by atoms with Crippen molar-refractivity contribution < 1.29 is 4.79 Å². The van der Waals surface area contributed by atoms with Crippen LogP contribution in [0.5, 0.6) is 0 Å². The van der Waals surface area contributed by atoms with Crippen molar-refractivity contribution in [3.05, 3.63) is 59.4 Å². The first kappa shape index (κ1) is 18.7. The molecule has 1 N–H and O–H groups in total. The number of aromatic nitrogens is 2. The number of likely N-dealkylation sites (tertiary alicyclic amines) is 1. The van der Waals surface area contributed by atoms with Gasteiger partial charge in [0.05, 0.1) is 23.5 Å². The zero-order valence-electron chi connectivity index (χ0n) is 16.9. The number of fused-ring (bicyclic) bond motifs is 1. The first-order chi connectivity index (χ1) is 13.5. The highest BCUT2D eigenvalue weighted by Crippen LogP contribution is 2.23. The highest BCUT2D eigenvalue weighted by atomic mass is 16.1. The van der Waals surface area contributed by atoms with Gasteiger partial charge in [0.2, 0.25) is 5.91 Å². The van der Waals surface area contributed by atoms with Crippen molar-refractivity contribution in [1.29, 1.82) is 0 Å². The Balaban J connectivity index is 1.44. The summed E-state index contributed by atoms with van der Waals surface area (Å²) in [5.41, 5.74) is 5.37.